The van der Waals surface area contributed by atoms with Crippen molar-refractivity contribution in [3.8, 4) is 0 Å². The number of benzene rings is 1. The molecule has 0 saturated carbocycles. The van der Waals surface area contributed by atoms with E-state index in [1.54, 1.807) is 0 Å². The van der Waals surface area contributed by atoms with Crippen molar-refractivity contribution in [2.75, 3.05) is 32.8 Å². The number of nitrogens with one attached hydrogen (secondary N) is 2. The molecule has 2 N–H and O–H groups in total. The van der Waals surface area contributed by atoms with Gasteiger partial charge in [0, 0.05) is 30.7 Å². The fourth-order valence-corrected chi connectivity index (χ4v) is 3.58. The third-order valence-corrected chi connectivity index (χ3v) is 4.85. The van der Waals surface area contributed by atoms with Crippen molar-refractivity contribution in [3.05, 3.63) is 34.9 Å². The van der Waals surface area contributed by atoms with Gasteiger partial charge in [0.1, 0.15) is 0 Å². The molecule has 0 aromatic heterocycles. The van der Waals surface area contributed by atoms with Crippen LogP contribution in [0.2, 0.25) is 5.02 Å². The number of hydrogen-bond donors (Lipinski definition) is 2. The summed E-state index contributed by atoms with van der Waals surface area (Å²) in [6.07, 6.45) is 2.82. The van der Waals surface area contributed by atoms with E-state index in [2.05, 4.69) is 27.4 Å². The first-order chi connectivity index (χ1) is 11.7. The predicted molar refractivity (Wildman–Crippen MR) is 98.6 cm³/mol. The number of halogens is 1. The van der Waals surface area contributed by atoms with Crippen LogP contribution < -0.4 is 10.6 Å². The Morgan fingerprint density at radius 3 is 3.17 bits per heavy atom. The monoisotopic (exact) mass is 350 g/mol. The van der Waals surface area contributed by atoms with Crippen LogP contribution in [-0.4, -0.2) is 55.8 Å². The van der Waals surface area contributed by atoms with Crippen molar-refractivity contribution >= 4 is 17.6 Å². The van der Waals surface area contributed by atoms with Gasteiger partial charge in [0.15, 0.2) is 5.96 Å². The Morgan fingerprint density at radius 1 is 1.42 bits per heavy atom. The van der Waals surface area contributed by atoms with E-state index in [1.807, 2.05) is 24.3 Å². The molecule has 2 aliphatic heterocycles. The first kappa shape index (κ1) is 17.5. The number of fused-ring (bicyclic) bond motifs is 1. The summed E-state index contributed by atoms with van der Waals surface area (Å²) in [5.74, 6) is 0.824. The topological polar surface area (TPSA) is 48.9 Å². The van der Waals surface area contributed by atoms with Crippen molar-refractivity contribution in [3.63, 3.8) is 0 Å². The smallest absolute Gasteiger partial charge is 0.191 e. The van der Waals surface area contributed by atoms with Crippen LogP contribution in [0.4, 0.5) is 0 Å². The molecule has 24 heavy (non-hydrogen) atoms. The Hall–Kier alpha value is -1.30. The first-order valence-electron chi connectivity index (χ1n) is 8.87. The van der Waals surface area contributed by atoms with Gasteiger partial charge in [-0.15, -0.1) is 0 Å². The summed E-state index contributed by atoms with van der Waals surface area (Å²) in [5.41, 5.74) is 1.11. The fraction of sp³-hybridized carbons (Fsp3) is 0.611. The molecule has 5 nitrogen and oxygen atoms in total. The van der Waals surface area contributed by atoms with Crippen LogP contribution in [0.3, 0.4) is 0 Å². The standard InChI is InChI=1S/C18H27ClN4O/c1-2-20-18(21-10-14-5-3-6-15(19)9-14)22-11-17-12-23-8-4-7-16(23)13-24-17/h3,5-6,9,16-17H,2,4,7-8,10-13H2,1H3,(H2,20,21,22). The molecule has 6 heteroatoms. The Kier molecular flexibility index (Phi) is 6.35. The third kappa shape index (κ3) is 4.85. The Labute approximate surface area is 149 Å². The van der Waals surface area contributed by atoms with Crippen molar-refractivity contribution in [1.82, 2.24) is 15.5 Å². The highest BCUT2D eigenvalue weighted by Gasteiger charge is 2.32. The lowest BCUT2D eigenvalue weighted by molar-refractivity contribution is -0.0453. The second-order valence-electron chi connectivity index (χ2n) is 6.45. The Morgan fingerprint density at radius 2 is 2.33 bits per heavy atom. The van der Waals surface area contributed by atoms with Crippen LogP contribution in [0.25, 0.3) is 0 Å². The number of morpholine rings is 1. The maximum absolute atomic E-state index is 6.03. The van der Waals surface area contributed by atoms with Crippen LogP contribution in [-0.2, 0) is 11.3 Å². The number of ether oxygens (including phenoxy) is 1. The average molecular weight is 351 g/mol. The van der Waals surface area contributed by atoms with Gasteiger partial charge in [0.25, 0.3) is 0 Å². The van der Waals surface area contributed by atoms with Crippen molar-refractivity contribution < 1.29 is 4.74 Å². The largest absolute Gasteiger partial charge is 0.373 e. The molecule has 2 unspecified atom stereocenters. The lowest BCUT2D eigenvalue weighted by Gasteiger charge is -2.35. The molecule has 0 aliphatic carbocycles. The minimum atomic E-state index is 0.231. The van der Waals surface area contributed by atoms with E-state index in [-0.39, 0.29) is 6.10 Å². The molecule has 2 saturated heterocycles. The molecule has 1 aromatic rings. The maximum atomic E-state index is 6.03. The maximum Gasteiger partial charge on any atom is 0.191 e. The Bertz CT molecular complexity index is 566. The van der Waals surface area contributed by atoms with Gasteiger partial charge in [-0.3, -0.25) is 4.90 Å². The number of aliphatic imine (C=N–C) groups is 1. The van der Waals surface area contributed by atoms with Gasteiger partial charge in [-0.2, -0.15) is 0 Å². The first-order valence-corrected chi connectivity index (χ1v) is 9.24. The summed E-state index contributed by atoms with van der Waals surface area (Å²) >= 11 is 6.03. The zero-order chi connectivity index (χ0) is 16.8. The predicted octanol–water partition coefficient (Wildman–Crippen LogP) is 2.26. The van der Waals surface area contributed by atoms with E-state index in [9.17, 15) is 0 Å². The molecule has 2 aliphatic rings. The van der Waals surface area contributed by atoms with Crippen LogP contribution in [0, 0.1) is 0 Å². The molecule has 2 fully saturated rings. The summed E-state index contributed by atoms with van der Waals surface area (Å²) in [7, 11) is 0. The molecule has 1 aromatic carbocycles. The molecule has 2 heterocycles. The summed E-state index contributed by atoms with van der Waals surface area (Å²) in [5, 5.41) is 7.45. The van der Waals surface area contributed by atoms with Crippen LogP contribution in [0.1, 0.15) is 25.3 Å². The zero-order valence-electron chi connectivity index (χ0n) is 14.3. The van der Waals surface area contributed by atoms with Gasteiger partial charge in [0.05, 0.1) is 19.3 Å². The lowest BCUT2D eigenvalue weighted by atomic mass is 10.2. The van der Waals surface area contributed by atoms with Gasteiger partial charge < -0.3 is 15.4 Å². The van der Waals surface area contributed by atoms with Crippen molar-refractivity contribution in [1.29, 1.82) is 0 Å². The van der Waals surface area contributed by atoms with Crippen molar-refractivity contribution in [2.24, 2.45) is 4.99 Å². The highest BCUT2D eigenvalue weighted by atomic mass is 35.5. The van der Waals surface area contributed by atoms with Crippen LogP contribution in [0.15, 0.2) is 29.3 Å². The highest BCUT2D eigenvalue weighted by Crippen LogP contribution is 2.22. The molecule has 0 spiro atoms. The second kappa shape index (κ2) is 8.70. The number of hydrogen-bond acceptors (Lipinski definition) is 3. The average Bonchev–Trinajstić information content (AvgIpc) is 3.05. The molecular weight excluding hydrogens is 324 g/mol. The van der Waals surface area contributed by atoms with E-state index >= 15 is 0 Å². The highest BCUT2D eigenvalue weighted by molar-refractivity contribution is 6.30. The summed E-state index contributed by atoms with van der Waals surface area (Å²) < 4.78 is 5.99. The van der Waals surface area contributed by atoms with Gasteiger partial charge in [-0.25, -0.2) is 4.99 Å². The molecule has 0 amide bonds. The van der Waals surface area contributed by atoms with Crippen LogP contribution >= 0.6 is 11.6 Å². The van der Waals surface area contributed by atoms with Gasteiger partial charge in [0.2, 0.25) is 0 Å². The van der Waals surface area contributed by atoms with E-state index < -0.39 is 0 Å². The third-order valence-electron chi connectivity index (χ3n) is 4.61. The van der Waals surface area contributed by atoms with E-state index in [0.29, 0.717) is 12.6 Å². The summed E-state index contributed by atoms with van der Waals surface area (Å²) in [4.78, 5) is 7.20. The zero-order valence-corrected chi connectivity index (χ0v) is 15.1. The lowest BCUT2D eigenvalue weighted by Crippen LogP contribution is -2.51. The number of rotatable bonds is 5. The quantitative estimate of drug-likeness (QED) is 0.631. The van der Waals surface area contributed by atoms with E-state index in [0.717, 1.165) is 42.8 Å². The second-order valence-corrected chi connectivity index (χ2v) is 6.89. The molecule has 3 rings (SSSR count). The normalized spacial score (nSPS) is 24.7. The number of nitrogens with zero attached hydrogens (tertiary/aromatic N) is 2. The minimum Gasteiger partial charge on any atom is -0.373 e. The minimum absolute atomic E-state index is 0.231. The van der Waals surface area contributed by atoms with E-state index in [1.165, 1.54) is 19.4 Å². The molecule has 0 radical (unpaired) electrons. The molecule has 0 bridgehead atoms. The van der Waals surface area contributed by atoms with Gasteiger partial charge in [-0.05, 0) is 44.0 Å². The SMILES string of the molecule is CCNC(=NCc1cccc(Cl)c1)NCC1CN2CCCC2CO1. The van der Waals surface area contributed by atoms with Gasteiger partial charge >= 0.3 is 0 Å². The van der Waals surface area contributed by atoms with Crippen LogP contribution in [0.5, 0.6) is 0 Å². The summed E-state index contributed by atoms with van der Waals surface area (Å²) in [6, 6.07) is 8.47. The molecular formula is C18H27ClN4O. The molecule has 2 atom stereocenters. The fourth-order valence-electron chi connectivity index (χ4n) is 3.37. The Balaban J connectivity index is 1.51. The van der Waals surface area contributed by atoms with E-state index in [4.69, 9.17) is 16.3 Å². The summed E-state index contributed by atoms with van der Waals surface area (Å²) in [6.45, 7) is 7.39. The van der Waals surface area contributed by atoms with Gasteiger partial charge in [-0.1, -0.05) is 23.7 Å². The van der Waals surface area contributed by atoms with Crippen molar-refractivity contribution in [2.45, 2.75) is 38.5 Å². The number of guanidine groups is 1. The molecule has 132 valence electrons.